The van der Waals surface area contributed by atoms with Crippen LogP contribution in [0.15, 0.2) is 48.0 Å². The third-order valence-electron chi connectivity index (χ3n) is 2.23. The largest absolute Gasteiger partial charge is 0.478 e. The summed E-state index contributed by atoms with van der Waals surface area (Å²) < 4.78 is 0.751. The molecule has 90 valence electrons. The standard InChI is InChI=1S/C13H14BrNO2/c1-3-7-15(8-4-2)12-6-5-10(13(16)17)9-11(12)14/h3-6,9H,1-2,7-8H2,(H,16,17). The molecule has 1 aromatic rings. The summed E-state index contributed by atoms with van der Waals surface area (Å²) in [6, 6.07) is 4.96. The van der Waals surface area contributed by atoms with Crippen molar-refractivity contribution in [2.24, 2.45) is 0 Å². The fourth-order valence-electron chi connectivity index (χ4n) is 1.48. The van der Waals surface area contributed by atoms with Crippen molar-refractivity contribution >= 4 is 27.6 Å². The van der Waals surface area contributed by atoms with E-state index in [1.165, 1.54) is 0 Å². The zero-order valence-electron chi connectivity index (χ0n) is 9.40. The molecular formula is C13H14BrNO2. The lowest BCUT2D eigenvalue weighted by Gasteiger charge is -2.23. The number of aromatic carboxylic acids is 1. The first-order chi connectivity index (χ1) is 8.10. The molecule has 0 aliphatic carbocycles. The number of carboxylic acids is 1. The molecule has 4 heteroatoms. The molecule has 0 amide bonds. The van der Waals surface area contributed by atoms with E-state index in [2.05, 4.69) is 29.1 Å². The summed E-state index contributed by atoms with van der Waals surface area (Å²) in [6.07, 6.45) is 3.59. The van der Waals surface area contributed by atoms with Crippen molar-refractivity contribution in [2.75, 3.05) is 18.0 Å². The van der Waals surface area contributed by atoms with E-state index in [-0.39, 0.29) is 5.56 Å². The van der Waals surface area contributed by atoms with Gasteiger partial charge in [0.15, 0.2) is 0 Å². The molecule has 1 N–H and O–H groups in total. The Morgan fingerprint density at radius 2 is 1.94 bits per heavy atom. The highest BCUT2D eigenvalue weighted by molar-refractivity contribution is 9.10. The second-order valence-corrected chi connectivity index (χ2v) is 4.31. The van der Waals surface area contributed by atoms with Gasteiger partial charge in [0.1, 0.15) is 0 Å². The molecular weight excluding hydrogens is 282 g/mol. The van der Waals surface area contributed by atoms with E-state index in [4.69, 9.17) is 5.11 Å². The summed E-state index contributed by atoms with van der Waals surface area (Å²) in [5.41, 5.74) is 1.19. The molecule has 0 bridgehead atoms. The first kappa shape index (κ1) is 13.5. The average molecular weight is 296 g/mol. The molecule has 0 aromatic heterocycles. The molecule has 0 aliphatic heterocycles. The van der Waals surface area contributed by atoms with Crippen LogP contribution in [0, 0.1) is 0 Å². The Morgan fingerprint density at radius 3 is 2.35 bits per heavy atom. The number of benzene rings is 1. The van der Waals surface area contributed by atoms with Gasteiger partial charge in [-0.2, -0.15) is 0 Å². The van der Waals surface area contributed by atoms with Crippen LogP contribution < -0.4 is 4.90 Å². The average Bonchev–Trinajstić information content (AvgIpc) is 2.28. The highest BCUT2D eigenvalue weighted by atomic mass is 79.9. The van der Waals surface area contributed by atoms with Gasteiger partial charge in [0, 0.05) is 17.6 Å². The molecule has 0 saturated heterocycles. The lowest BCUT2D eigenvalue weighted by atomic mass is 10.2. The highest BCUT2D eigenvalue weighted by Crippen LogP contribution is 2.27. The number of hydrogen-bond acceptors (Lipinski definition) is 2. The summed E-state index contributed by atoms with van der Waals surface area (Å²) in [4.78, 5) is 12.9. The first-order valence-corrected chi connectivity index (χ1v) is 5.89. The van der Waals surface area contributed by atoms with Crippen LogP contribution in [0.4, 0.5) is 5.69 Å². The predicted molar refractivity (Wildman–Crippen MR) is 73.7 cm³/mol. The van der Waals surface area contributed by atoms with Gasteiger partial charge in [-0.05, 0) is 34.1 Å². The molecule has 0 aliphatic rings. The predicted octanol–water partition coefficient (Wildman–Crippen LogP) is 3.33. The van der Waals surface area contributed by atoms with E-state index in [0.29, 0.717) is 13.1 Å². The monoisotopic (exact) mass is 295 g/mol. The van der Waals surface area contributed by atoms with Gasteiger partial charge in [-0.25, -0.2) is 4.79 Å². The number of rotatable bonds is 6. The minimum atomic E-state index is -0.934. The molecule has 17 heavy (non-hydrogen) atoms. The molecule has 0 fully saturated rings. The SMILES string of the molecule is C=CCN(CC=C)c1ccc(C(=O)O)cc1Br. The van der Waals surface area contributed by atoms with Crippen LogP contribution in [-0.4, -0.2) is 24.2 Å². The maximum atomic E-state index is 10.8. The van der Waals surface area contributed by atoms with Crippen LogP contribution in [0.2, 0.25) is 0 Å². The fraction of sp³-hybridized carbons (Fsp3) is 0.154. The van der Waals surface area contributed by atoms with Gasteiger partial charge in [-0.3, -0.25) is 0 Å². The molecule has 0 saturated carbocycles. The van der Waals surface area contributed by atoms with Gasteiger partial charge in [-0.1, -0.05) is 12.2 Å². The number of hydrogen-bond donors (Lipinski definition) is 1. The number of anilines is 1. The first-order valence-electron chi connectivity index (χ1n) is 5.09. The van der Waals surface area contributed by atoms with Crippen LogP contribution in [0.3, 0.4) is 0 Å². The summed E-state index contributed by atoms with van der Waals surface area (Å²) in [5.74, 6) is -0.934. The molecule has 0 heterocycles. The summed E-state index contributed by atoms with van der Waals surface area (Å²) in [6.45, 7) is 8.75. The van der Waals surface area contributed by atoms with E-state index in [1.54, 1.807) is 30.4 Å². The lowest BCUT2D eigenvalue weighted by Crippen LogP contribution is -2.23. The lowest BCUT2D eigenvalue weighted by molar-refractivity contribution is 0.0697. The normalized spacial score (nSPS) is 9.71. The van der Waals surface area contributed by atoms with E-state index in [9.17, 15) is 4.79 Å². The smallest absolute Gasteiger partial charge is 0.335 e. The maximum absolute atomic E-state index is 10.8. The minimum Gasteiger partial charge on any atom is -0.478 e. The van der Waals surface area contributed by atoms with E-state index in [1.807, 2.05) is 4.90 Å². The third-order valence-corrected chi connectivity index (χ3v) is 2.87. The van der Waals surface area contributed by atoms with Crippen molar-refractivity contribution < 1.29 is 9.90 Å². The number of carbonyl (C=O) groups is 1. The van der Waals surface area contributed by atoms with Crippen LogP contribution in [0.25, 0.3) is 0 Å². The van der Waals surface area contributed by atoms with E-state index < -0.39 is 5.97 Å². The van der Waals surface area contributed by atoms with Crippen molar-refractivity contribution in [1.29, 1.82) is 0 Å². The van der Waals surface area contributed by atoms with Gasteiger partial charge in [-0.15, -0.1) is 13.2 Å². The molecule has 0 unspecified atom stereocenters. The van der Waals surface area contributed by atoms with Crippen LogP contribution in [0.1, 0.15) is 10.4 Å². The summed E-state index contributed by atoms with van der Waals surface area (Å²) in [7, 11) is 0. The van der Waals surface area contributed by atoms with Gasteiger partial charge in [0.25, 0.3) is 0 Å². The summed E-state index contributed by atoms with van der Waals surface area (Å²) in [5, 5.41) is 8.88. The number of carboxylic acid groups (broad SMARTS) is 1. The van der Waals surface area contributed by atoms with Gasteiger partial charge in [0.05, 0.1) is 11.3 Å². The second kappa shape index (κ2) is 6.25. The Hall–Kier alpha value is -1.55. The molecule has 1 rings (SSSR count). The van der Waals surface area contributed by atoms with Crippen molar-refractivity contribution in [3.8, 4) is 0 Å². The fourth-order valence-corrected chi connectivity index (χ4v) is 2.11. The zero-order valence-corrected chi connectivity index (χ0v) is 11.0. The molecule has 0 spiro atoms. The molecule has 3 nitrogen and oxygen atoms in total. The molecule has 0 atom stereocenters. The molecule has 1 aromatic carbocycles. The van der Waals surface area contributed by atoms with Crippen molar-refractivity contribution in [3.63, 3.8) is 0 Å². The molecule has 0 radical (unpaired) electrons. The Balaban J connectivity index is 3.07. The Labute approximate surface area is 109 Å². The topological polar surface area (TPSA) is 40.5 Å². The van der Waals surface area contributed by atoms with Crippen LogP contribution in [0.5, 0.6) is 0 Å². The highest BCUT2D eigenvalue weighted by Gasteiger charge is 2.10. The third kappa shape index (κ3) is 3.46. The van der Waals surface area contributed by atoms with Gasteiger partial charge in [0.2, 0.25) is 0 Å². The quantitative estimate of drug-likeness (QED) is 0.819. The van der Waals surface area contributed by atoms with Gasteiger partial charge >= 0.3 is 5.97 Å². The van der Waals surface area contributed by atoms with Crippen LogP contribution >= 0.6 is 15.9 Å². The second-order valence-electron chi connectivity index (χ2n) is 3.45. The minimum absolute atomic E-state index is 0.262. The summed E-state index contributed by atoms with van der Waals surface area (Å²) >= 11 is 3.38. The number of nitrogens with zero attached hydrogens (tertiary/aromatic N) is 1. The van der Waals surface area contributed by atoms with E-state index in [0.717, 1.165) is 10.2 Å². The van der Waals surface area contributed by atoms with Crippen molar-refractivity contribution in [2.45, 2.75) is 0 Å². The Bertz CT molecular complexity index is 433. The van der Waals surface area contributed by atoms with Crippen molar-refractivity contribution in [1.82, 2.24) is 0 Å². The van der Waals surface area contributed by atoms with Crippen molar-refractivity contribution in [3.05, 3.63) is 53.5 Å². The Morgan fingerprint density at radius 1 is 1.35 bits per heavy atom. The number of halogens is 1. The maximum Gasteiger partial charge on any atom is 0.335 e. The van der Waals surface area contributed by atoms with Gasteiger partial charge < -0.3 is 10.0 Å². The van der Waals surface area contributed by atoms with Crippen LogP contribution in [-0.2, 0) is 0 Å². The Kier molecular flexibility index (Phi) is 4.97. The zero-order chi connectivity index (χ0) is 12.8. The van der Waals surface area contributed by atoms with E-state index >= 15 is 0 Å².